The molecule has 1 aliphatic carbocycles. The molecule has 0 aromatic heterocycles. The molecule has 0 amide bonds. The molecule has 5 aromatic carbocycles. The van der Waals surface area contributed by atoms with Crippen molar-refractivity contribution in [3.8, 4) is 33.4 Å². The van der Waals surface area contributed by atoms with Gasteiger partial charge in [0.25, 0.3) is 0 Å². The van der Waals surface area contributed by atoms with Gasteiger partial charge in [-0.2, -0.15) is 0 Å². The molecule has 0 fully saturated rings. The molecule has 0 radical (unpaired) electrons. The van der Waals surface area contributed by atoms with Crippen LogP contribution in [0.5, 0.6) is 0 Å². The Hall–Kier alpha value is -4.43. The van der Waals surface area contributed by atoms with Gasteiger partial charge in [-0.15, -0.1) is 0 Å². The van der Waals surface area contributed by atoms with E-state index in [0.29, 0.717) is 0 Å². The molecule has 0 bridgehead atoms. The van der Waals surface area contributed by atoms with Crippen molar-refractivity contribution >= 4 is 17.2 Å². The third kappa shape index (κ3) is 3.52. The van der Waals surface area contributed by atoms with Crippen molar-refractivity contribution in [1.82, 2.24) is 0 Å². The van der Waals surface area contributed by atoms with E-state index in [1.165, 1.54) is 11.1 Å². The summed E-state index contributed by atoms with van der Waals surface area (Å²) in [5, 5.41) is 3.47. The van der Waals surface area contributed by atoms with Gasteiger partial charge in [0.2, 0.25) is 0 Å². The topological polar surface area (TPSA) is 29.1 Å². The van der Waals surface area contributed by atoms with Gasteiger partial charge < -0.3 is 5.32 Å². The third-order valence-electron chi connectivity index (χ3n) is 6.22. The molecule has 0 atom stereocenters. The highest BCUT2D eigenvalue weighted by atomic mass is 16.1. The summed E-state index contributed by atoms with van der Waals surface area (Å²) in [6.07, 6.45) is 0. The van der Waals surface area contributed by atoms with E-state index in [4.69, 9.17) is 0 Å². The first-order valence-electron chi connectivity index (χ1n) is 11.1. The number of hydrogen-bond donors (Lipinski definition) is 1. The molecule has 2 nitrogen and oxygen atoms in total. The number of ketones is 1. The highest BCUT2D eigenvalue weighted by molar-refractivity contribution is 6.22. The molecular formula is C31H21NO. The Balaban J connectivity index is 1.21. The molecule has 156 valence electrons. The molecule has 0 aliphatic heterocycles. The van der Waals surface area contributed by atoms with Crippen molar-refractivity contribution < 1.29 is 4.79 Å². The van der Waals surface area contributed by atoms with Crippen LogP contribution in [-0.2, 0) is 0 Å². The van der Waals surface area contributed by atoms with Crippen molar-refractivity contribution in [3.63, 3.8) is 0 Å². The van der Waals surface area contributed by atoms with Crippen LogP contribution in [-0.4, -0.2) is 5.78 Å². The number of carbonyl (C=O) groups excluding carboxylic acids is 1. The maximum Gasteiger partial charge on any atom is 0.194 e. The van der Waals surface area contributed by atoms with E-state index in [1.807, 2.05) is 36.4 Å². The van der Waals surface area contributed by atoms with Gasteiger partial charge in [0.15, 0.2) is 5.78 Å². The number of fused-ring (bicyclic) bond motifs is 3. The van der Waals surface area contributed by atoms with Gasteiger partial charge in [-0.05, 0) is 63.7 Å². The molecular weight excluding hydrogens is 402 g/mol. The molecule has 0 heterocycles. The zero-order valence-corrected chi connectivity index (χ0v) is 18.0. The quantitative estimate of drug-likeness (QED) is 0.311. The molecule has 0 unspecified atom stereocenters. The highest BCUT2D eigenvalue weighted by Crippen LogP contribution is 2.38. The Kier molecular flexibility index (Phi) is 4.63. The van der Waals surface area contributed by atoms with Gasteiger partial charge in [-0.1, -0.05) is 91.0 Å². The van der Waals surface area contributed by atoms with Gasteiger partial charge in [0, 0.05) is 22.5 Å². The predicted molar refractivity (Wildman–Crippen MR) is 136 cm³/mol. The van der Waals surface area contributed by atoms with E-state index in [1.54, 1.807) is 0 Å². The van der Waals surface area contributed by atoms with E-state index in [9.17, 15) is 4.79 Å². The molecule has 6 rings (SSSR count). The maximum atomic E-state index is 12.8. The fraction of sp³-hybridized carbons (Fsp3) is 0. The average molecular weight is 424 g/mol. The van der Waals surface area contributed by atoms with Crippen molar-refractivity contribution in [2.45, 2.75) is 0 Å². The number of carbonyl (C=O) groups is 1. The van der Waals surface area contributed by atoms with Crippen molar-refractivity contribution in [2.24, 2.45) is 0 Å². The number of nitrogens with one attached hydrogen (secondary N) is 1. The van der Waals surface area contributed by atoms with Crippen LogP contribution in [0.25, 0.3) is 33.4 Å². The summed E-state index contributed by atoms with van der Waals surface area (Å²) in [6.45, 7) is 0. The van der Waals surface area contributed by atoms with Crippen LogP contribution in [0.2, 0.25) is 0 Å². The summed E-state index contributed by atoms with van der Waals surface area (Å²) >= 11 is 0. The summed E-state index contributed by atoms with van der Waals surface area (Å²) in [7, 11) is 0. The summed E-state index contributed by atoms with van der Waals surface area (Å²) in [5.74, 6) is 0.111. The smallest absolute Gasteiger partial charge is 0.194 e. The minimum Gasteiger partial charge on any atom is -0.356 e. The number of benzene rings is 5. The van der Waals surface area contributed by atoms with E-state index >= 15 is 0 Å². The lowest BCUT2D eigenvalue weighted by Crippen LogP contribution is -1.95. The Labute approximate surface area is 193 Å². The van der Waals surface area contributed by atoms with Crippen molar-refractivity contribution in [1.29, 1.82) is 0 Å². The summed E-state index contributed by atoms with van der Waals surface area (Å²) in [6, 6.07) is 41.2. The molecule has 2 heteroatoms. The zero-order chi connectivity index (χ0) is 22.2. The van der Waals surface area contributed by atoms with Gasteiger partial charge >= 0.3 is 0 Å². The van der Waals surface area contributed by atoms with Crippen molar-refractivity contribution in [2.75, 3.05) is 5.32 Å². The SMILES string of the molecule is O=C1c2ccccc2-c2ccc(-c3ccc(Nc4ccc(-c5ccccc5)cc4)cc3)cc21. The van der Waals surface area contributed by atoms with Crippen LogP contribution in [0, 0.1) is 0 Å². The molecule has 0 saturated heterocycles. The Morgan fingerprint density at radius 3 is 1.55 bits per heavy atom. The fourth-order valence-corrected chi connectivity index (χ4v) is 4.50. The molecule has 1 N–H and O–H groups in total. The monoisotopic (exact) mass is 423 g/mol. The van der Waals surface area contributed by atoms with Crippen LogP contribution in [0.3, 0.4) is 0 Å². The van der Waals surface area contributed by atoms with Crippen LogP contribution >= 0.6 is 0 Å². The molecule has 0 saturated carbocycles. The van der Waals surface area contributed by atoms with Gasteiger partial charge in [-0.3, -0.25) is 4.79 Å². The van der Waals surface area contributed by atoms with E-state index < -0.39 is 0 Å². The number of rotatable bonds is 4. The normalized spacial score (nSPS) is 11.7. The Morgan fingerprint density at radius 2 is 0.879 bits per heavy atom. The van der Waals surface area contributed by atoms with Gasteiger partial charge in [0.1, 0.15) is 0 Å². The average Bonchev–Trinajstić information content (AvgIpc) is 3.17. The molecule has 33 heavy (non-hydrogen) atoms. The fourth-order valence-electron chi connectivity index (χ4n) is 4.50. The standard InChI is InChI=1S/C31H21NO/c33-31-29-9-5-4-8-27(29)28-19-14-24(20-30(28)31)23-12-17-26(18-13-23)32-25-15-10-22(11-16-25)21-6-2-1-3-7-21/h1-20,32H. The van der Waals surface area contributed by atoms with Crippen LogP contribution < -0.4 is 5.32 Å². The minimum absolute atomic E-state index is 0.111. The molecule has 5 aromatic rings. The lowest BCUT2D eigenvalue weighted by atomic mass is 9.99. The second-order valence-corrected chi connectivity index (χ2v) is 8.28. The summed E-state index contributed by atoms with van der Waals surface area (Å²) < 4.78 is 0. The number of hydrogen-bond acceptors (Lipinski definition) is 2. The van der Waals surface area contributed by atoms with Crippen molar-refractivity contribution in [3.05, 3.63) is 132 Å². The molecule has 1 aliphatic rings. The van der Waals surface area contributed by atoms with E-state index in [2.05, 4.69) is 90.2 Å². The Bertz CT molecular complexity index is 1470. The first-order chi connectivity index (χ1) is 16.3. The van der Waals surface area contributed by atoms with Crippen LogP contribution in [0.4, 0.5) is 11.4 Å². The van der Waals surface area contributed by atoms with Crippen LogP contribution in [0.15, 0.2) is 121 Å². The second-order valence-electron chi connectivity index (χ2n) is 8.28. The lowest BCUT2D eigenvalue weighted by molar-refractivity contribution is 0.104. The van der Waals surface area contributed by atoms with E-state index in [-0.39, 0.29) is 5.78 Å². The van der Waals surface area contributed by atoms with Gasteiger partial charge in [-0.25, -0.2) is 0 Å². The number of anilines is 2. The predicted octanol–water partition coefficient (Wildman–Crippen LogP) is 7.98. The van der Waals surface area contributed by atoms with E-state index in [0.717, 1.165) is 44.8 Å². The summed E-state index contributed by atoms with van der Waals surface area (Å²) in [5.41, 5.74) is 10.3. The first kappa shape index (κ1) is 19.3. The minimum atomic E-state index is 0.111. The Morgan fingerprint density at radius 1 is 0.394 bits per heavy atom. The zero-order valence-electron chi connectivity index (χ0n) is 18.0. The summed E-state index contributed by atoms with van der Waals surface area (Å²) in [4.78, 5) is 12.8. The molecule has 0 spiro atoms. The van der Waals surface area contributed by atoms with Crippen LogP contribution in [0.1, 0.15) is 15.9 Å². The maximum absolute atomic E-state index is 12.8. The largest absolute Gasteiger partial charge is 0.356 e. The third-order valence-corrected chi connectivity index (χ3v) is 6.22. The second kappa shape index (κ2) is 7.92. The highest BCUT2D eigenvalue weighted by Gasteiger charge is 2.26. The first-order valence-corrected chi connectivity index (χ1v) is 11.1. The van der Waals surface area contributed by atoms with Gasteiger partial charge in [0.05, 0.1) is 0 Å². The lowest BCUT2D eigenvalue weighted by Gasteiger charge is -2.10.